The van der Waals surface area contributed by atoms with Crippen LogP contribution < -0.4 is 10.1 Å². The number of ether oxygens (including phenoxy) is 2. The number of nitrogens with one attached hydrogen (secondary N) is 1. The number of carbonyl (C=O) groups is 1. The van der Waals surface area contributed by atoms with Gasteiger partial charge in [-0.25, -0.2) is 9.78 Å². The summed E-state index contributed by atoms with van der Waals surface area (Å²) in [4.78, 5) is 15.2. The average Bonchev–Trinajstić information content (AvgIpc) is 3.41. The van der Waals surface area contributed by atoms with Crippen LogP contribution in [-0.2, 0) is 4.74 Å². The fraction of sp³-hybridized carbons (Fsp3) is 0.647. The Hall–Kier alpha value is -1.62. The first kappa shape index (κ1) is 16.7. The lowest BCUT2D eigenvalue weighted by molar-refractivity contribution is 0.0600. The predicted molar refractivity (Wildman–Crippen MR) is 85.1 cm³/mol. The molecule has 1 saturated heterocycles. The lowest BCUT2D eigenvalue weighted by Crippen LogP contribution is -2.21. The number of piperidine rings is 1. The van der Waals surface area contributed by atoms with Crippen molar-refractivity contribution in [3.63, 3.8) is 0 Å². The van der Waals surface area contributed by atoms with Crippen LogP contribution in [0.5, 0.6) is 5.88 Å². The Bertz CT molecular complexity index is 428. The standard InChI is InChI=1S/C12H15NO3.C5H11N/c1-15-12(14)10-4-5-11(13-8-10)16-7-6-9-2-3-9;1-2-4-6-5-3-1/h4-5,8-9H,2-3,6-7H2,1H3;6H,1-5H2. The lowest BCUT2D eigenvalue weighted by Gasteiger charge is -2.08. The molecule has 2 aliphatic rings. The smallest absolute Gasteiger partial charge is 0.339 e. The van der Waals surface area contributed by atoms with E-state index in [9.17, 15) is 4.79 Å². The summed E-state index contributed by atoms with van der Waals surface area (Å²) in [5.41, 5.74) is 0.442. The Morgan fingerprint density at radius 1 is 1.27 bits per heavy atom. The van der Waals surface area contributed by atoms with E-state index in [4.69, 9.17) is 4.74 Å². The molecule has 5 heteroatoms. The van der Waals surface area contributed by atoms with Gasteiger partial charge in [0.2, 0.25) is 5.88 Å². The Balaban J connectivity index is 0.000000246. The maximum absolute atomic E-state index is 11.1. The van der Waals surface area contributed by atoms with Crippen molar-refractivity contribution < 1.29 is 14.3 Å². The predicted octanol–water partition coefficient (Wildman–Crippen LogP) is 2.81. The molecule has 0 amide bonds. The molecule has 2 heterocycles. The number of hydrogen-bond donors (Lipinski definition) is 1. The van der Waals surface area contributed by atoms with E-state index in [1.54, 1.807) is 12.1 Å². The summed E-state index contributed by atoms with van der Waals surface area (Å²) in [6.07, 6.45) is 9.45. The van der Waals surface area contributed by atoms with E-state index >= 15 is 0 Å². The SMILES string of the molecule is C1CCNCC1.COC(=O)c1ccc(OCCC2CC2)nc1. The number of methoxy groups -OCH3 is 1. The zero-order valence-corrected chi connectivity index (χ0v) is 13.3. The van der Waals surface area contributed by atoms with Gasteiger partial charge in [0.05, 0.1) is 19.3 Å². The van der Waals surface area contributed by atoms with Crippen LogP contribution >= 0.6 is 0 Å². The summed E-state index contributed by atoms with van der Waals surface area (Å²) >= 11 is 0. The highest BCUT2D eigenvalue weighted by atomic mass is 16.5. The van der Waals surface area contributed by atoms with Crippen molar-refractivity contribution in [3.05, 3.63) is 23.9 Å². The van der Waals surface area contributed by atoms with Crippen molar-refractivity contribution in [2.45, 2.75) is 38.5 Å². The second-order valence-corrected chi connectivity index (χ2v) is 5.77. The molecule has 1 aromatic heterocycles. The van der Waals surface area contributed by atoms with Crippen molar-refractivity contribution in [1.82, 2.24) is 10.3 Å². The van der Waals surface area contributed by atoms with Gasteiger partial charge in [-0.15, -0.1) is 0 Å². The van der Waals surface area contributed by atoms with Crippen LogP contribution in [0.3, 0.4) is 0 Å². The van der Waals surface area contributed by atoms with Crippen molar-refractivity contribution in [2.24, 2.45) is 5.92 Å². The van der Waals surface area contributed by atoms with Gasteiger partial charge in [-0.05, 0) is 44.3 Å². The normalized spacial score (nSPS) is 17.1. The topological polar surface area (TPSA) is 60.5 Å². The minimum atomic E-state index is -0.378. The van der Waals surface area contributed by atoms with E-state index in [0.29, 0.717) is 18.1 Å². The van der Waals surface area contributed by atoms with E-state index < -0.39 is 0 Å². The van der Waals surface area contributed by atoms with Gasteiger partial charge in [-0.2, -0.15) is 0 Å². The third-order valence-electron chi connectivity index (χ3n) is 3.84. The minimum Gasteiger partial charge on any atom is -0.478 e. The number of rotatable bonds is 5. The van der Waals surface area contributed by atoms with Gasteiger partial charge < -0.3 is 14.8 Å². The Labute approximate surface area is 132 Å². The molecule has 0 unspecified atom stereocenters. The number of aromatic nitrogens is 1. The number of carbonyl (C=O) groups excluding carboxylic acids is 1. The van der Waals surface area contributed by atoms with E-state index in [-0.39, 0.29) is 5.97 Å². The molecule has 1 saturated carbocycles. The largest absolute Gasteiger partial charge is 0.478 e. The molecule has 3 rings (SSSR count). The molecule has 22 heavy (non-hydrogen) atoms. The molecule has 1 aliphatic carbocycles. The zero-order chi connectivity index (χ0) is 15.6. The Morgan fingerprint density at radius 2 is 2.05 bits per heavy atom. The van der Waals surface area contributed by atoms with Crippen LogP contribution in [0, 0.1) is 5.92 Å². The molecule has 1 aromatic rings. The van der Waals surface area contributed by atoms with E-state index in [2.05, 4.69) is 15.0 Å². The molecule has 1 aliphatic heterocycles. The van der Waals surface area contributed by atoms with Crippen LogP contribution in [0.15, 0.2) is 18.3 Å². The monoisotopic (exact) mass is 306 g/mol. The number of hydrogen-bond acceptors (Lipinski definition) is 5. The summed E-state index contributed by atoms with van der Waals surface area (Å²) in [6, 6.07) is 3.35. The lowest BCUT2D eigenvalue weighted by atomic mass is 10.2. The third-order valence-corrected chi connectivity index (χ3v) is 3.84. The van der Waals surface area contributed by atoms with Crippen LogP contribution in [0.25, 0.3) is 0 Å². The van der Waals surface area contributed by atoms with E-state index in [1.165, 1.54) is 58.5 Å². The van der Waals surface area contributed by atoms with Gasteiger partial charge in [0, 0.05) is 12.3 Å². The maximum atomic E-state index is 11.1. The molecule has 0 spiro atoms. The fourth-order valence-corrected chi connectivity index (χ4v) is 2.24. The summed E-state index contributed by atoms with van der Waals surface area (Å²) in [5, 5.41) is 3.28. The molecule has 0 aromatic carbocycles. The molecule has 0 radical (unpaired) electrons. The van der Waals surface area contributed by atoms with Crippen molar-refractivity contribution >= 4 is 5.97 Å². The molecular weight excluding hydrogens is 280 g/mol. The average molecular weight is 306 g/mol. The second-order valence-electron chi connectivity index (χ2n) is 5.77. The molecule has 1 N–H and O–H groups in total. The number of pyridine rings is 1. The quantitative estimate of drug-likeness (QED) is 0.848. The highest BCUT2D eigenvalue weighted by molar-refractivity contribution is 5.88. The first-order valence-electron chi connectivity index (χ1n) is 8.17. The summed E-state index contributed by atoms with van der Waals surface area (Å²) < 4.78 is 10.0. The zero-order valence-electron chi connectivity index (χ0n) is 13.3. The Morgan fingerprint density at radius 3 is 2.50 bits per heavy atom. The molecule has 0 bridgehead atoms. The number of nitrogens with zero attached hydrogens (tertiary/aromatic N) is 1. The van der Waals surface area contributed by atoms with E-state index in [0.717, 1.165) is 12.3 Å². The third kappa shape index (κ3) is 6.43. The highest BCUT2D eigenvalue weighted by Crippen LogP contribution is 2.32. The fourth-order valence-electron chi connectivity index (χ4n) is 2.24. The number of esters is 1. The van der Waals surface area contributed by atoms with Gasteiger partial charge in [-0.3, -0.25) is 0 Å². The summed E-state index contributed by atoms with van der Waals surface area (Å²) in [7, 11) is 1.35. The summed E-state index contributed by atoms with van der Waals surface area (Å²) in [5.74, 6) is 1.04. The molecule has 5 nitrogen and oxygen atoms in total. The van der Waals surface area contributed by atoms with Crippen molar-refractivity contribution in [3.8, 4) is 5.88 Å². The first-order chi connectivity index (χ1) is 10.8. The van der Waals surface area contributed by atoms with Crippen LogP contribution in [0.2, 0.25) is 0 Å². The van der Waals surface area contributed by atoms with Gasteiger partial charge in [-0.1, -0.05) is 19.3 Å². The van der Waals surface area contributed by atoms with Crippen molar-refractivity contribution in [2.75, 3.05) is 26.8 Å². The van der Waals surface area contributed by atoms with Crippen LogP contribution in [0.1, 0.15) is 48.9 Å². The van der Waals surface area contributed by atoms with Crippen molar-refractivity contribution in [1.29, 1.82) is 0 Å². The molecule has 122 valence electrons. The molecule has 2 fully saturated rings. The van der Waals surface area contributed by atoms with Crippen LogP contribution in [0.4, 0.5) is 0 Å². The molecule has 0 atom stereocenters. The Kier molecular flexibility index (Phi) is 7.16. The van der Waals surface area contributed by atoms with Gasteiger partial charge >= 0.3 is 5.97 Å². The van der Waals surface area contributed by atoms with Gasteiger partial charge in [0.1, 0.15) is 0 Å². The highest BCUT2D eigenvalue weighted by Gasteiger charge is 2.20. The van der Waals surface area contributed by atoms with Gasteiger partial charge in [0.15, 0.2) is 0 Å². The molecular formula is C17H26N2O3. The second kappa shape index (κ2) is 9.41. The summed E-state index contributed by atoms with van der Waals surface area (Å²) in [6.45, 7) is 3.20. The van der Waals surface area contributed by atoms with Gasteiger partial charge in [0.25, 0.3) is 0 Å². The van der Waals surface area contributed by atoms with E-state index in [1.807, 2.05) is 0 Å². The maximum Gasteiger partial charge on any atom is 0.339 e. The first-order valence-corrected chi connectivity index (χ1v) is 8.17. The minimum absolute atomic E-state index is 0.378. The van der Waals surface area contributed by atoms with Crippen LogP contribution in [-0.4, -0.2) is 37.8 Å².